The number of anilines is 2. The molecule has 2 rings (SSSR count). The Morgan fingerprint density at radius 1 is 1.19 bits per heavy atom. The van der Waals surface area contributed by atoms with Crippen LogP contribution in [0.4, 0.5) is 15.8 Å². The van der Waals surface area contributed by atoms with Crippen LogP contribution in [0.5, 0.6) is 0 Å². The standard InChI is InChI=1S/C19H24FN3O3/c1-4-19(5-2,11-21)18(25)22-13-6-7-15(20)16(10-13)23-17(24)14-8-9-26-12(14)3/h6-10H,4-5,11,21H2,1-3H3,(H,22,25)(H,23,24). The molecule has 0 aliphatic carbocycles. The van der Waals surface area contributed by atoms with Gasteiger partial charge in [0, 0.05) is 12.2 Å². The molecule has 0 aliphatic rings. The Morgan fingerprint density at radius 3 is 2.42 bits per heavy atom. The molecule has 2 amide bonds. The molecule has 0 saturated heterocycles. The van der Waals surface area contributed by atoms with Gasteiger partial charge < -0.3 is 20.8 Å². The molecule has 140 valence electrons. The van der Waals surface area contributed by atoms with E-state index in [1.807, 2.05) is 13.8 Å². The number of hydrogen-bond acceptors (Lipinski definition) is 4. The summed E-state index contributed by atoms with van der Waals surface area (Å²) in [5, 5.41) is 5.27. The fourth-order valence-corrected chi connectivity index (χ4v) is 2.73. The largest absolute Gasteiger partial charge is 0.469 e. The summed E-state index contributed by atoms with van der Waals surface area (Å²) >= 11 is 0. The number of benzene rings is 1. The van der Waals surface area contributed by atoms with Crippen molar-refractivity contribution in [3.8, 4) is 0 Å². The van der Waals surface area contributed by atoms with Gasteiger partial charge in [-0.15, -0.1) is 0 Å². The minimum absolute atomic E-state index is 0.0280. The maximum absolute atomic E-state index is 14.1. The topological polar surface area (TPSA) is 97.4 Å². The molecular weight excluding hydrogens is 337 g/mol. The molecule has 0 aliphatic heterocycles. The van der Waals surface area contributed by atoms with E-state index in [1.54, 1.807) is 6.92 Å². The van der Waals surface area contributed by atoms with Gasteiger partial charge >= 0.3 is 0 Å². The number of furan rings is 1. The summed E-state index contributed by atoms with van der Waals surface area (Å²) in [6.07, 6.45) is 2.58. The van der Waals surface area contributed by atoms with E-state index in [-0.39, 0.29) is 18.1 Å². The lowest BCUT2D eigenvalue weighted by molar-refractivity contribution is -0.125. The quantitative estimate of drug-likeness (QED) is 0.701. The first-order valence-corrected chi connectivity index (χ1v) is 8.53. The number of carbonyl (C=O) groups excluding carboxylic acids is 2. The first kappa shape index (κ1) is 19.7. The van der Waals surface area contributed by atoms with Crippen LogP contribution >= 0.6 is 0 Å². The van der Waals surface area contributed by atoms with Crippen LogP contribution in [0.2, 0.25) is 0 Å². The molecule has 0 spiro atoms. The summed E-state index contributed by atoms with van der Waals surface area (Å²) < 4.78 is 19.2. The summed E-state index contributed by atoms with van der Waals surface area (Å²) in [7, 11) is 0. The van der Waals surface area contributed by atoms with Crippen molar-refractivity contribution >= 4 is 23.2 Å². The van der Waals surface area contributed by atoms with Crippen molar-refractivity contribution in [2.24, 2.45) is 11.1 Å². The third-order valence-electron chi connectivity index (χ3n) is 4.80. The molecule has 4 N–H and O–H groups in total. The molecule has 2 aromatic rings. The van der Waals surface area contributed by atoms with Gasteiger partial charge in [0.15, 0.2) is 0 Å². The fraction of sp³-hybridized carbons (Fsp3) is 0.368. The Morgan fingerprint density at radius 2 is 1.88 bits per heavy atom. The van der Waals surface area contributed by atoms with E-state index < -0.39 is 17.1 Å². The highest BCUT2D eigenvalue weighted by atomic mass is 19.1. The minimum Gasteiger partial charge on any atom is -0.469 e. The molecule has 0 unspecified atom stereocenters. The molecule has 6 nitrogen and oxygen atoms in total. The minimum atomic E-state index is -0.675. The van der Waals surface area contributed by atoms with Gasteiger partial charge in [-0.2, -0.15) is 0 Å². The zero-order valence-corrected chi connectivity index (χ0v) is 15.2. The van der Waals surface area contributed by atoms with Crippen LogP contribution in [-0.4, -0.2) is 18.4 Å². The summed E-state index contributed by atoms with van der Waals surface area (Å²) in [6, 6.07) is 5.52. The van der Waals surface area contributed by atoms with E-state index >= 15 is 0 Å². The van der Waals surface area contributed by atoms with Crippen molar-refractivity contribution in [3.63, 3.8) is 0 Å². The lowest BCUT2D eigenvalue weighted by atomic mass is 9.81. The zero-order valence-electron chi connectivity index (χ0n) is 15.2. The maximum atomic E-state index is 14.1. The van der Waals surface area contributed by atoms with Gasteiger partial charge in [0.2, 0.25) is 5.91 Å². The molecule has 0 fully saturated rings. The van der Waals surface area contributed by atoms with E-state index in [0.717, 1.165) is 0 Å². The Balaban J connectivity index is 2.20. The summed E-state index contributed by atoms with van der Waals surface area (Å²) in [4.78, 5) is 24.8. The monoisotopic (exact) mass is 361 g/mol. The van der Waals surface area contributed by atoms with Crippen molar-refractivity contribution < 1.29 is 18.4 Å². The van der Waals surface area contributed by atoms with Gasteiger partial charge in [-0.25, -0.2) is 4.39 Å². The van der Waals surface area contributed by atoms with Gasteiger partial charge in [-0.3, -0.25) is 9.59 Å². The summed E-state index contributed by atoms with van der Waals surface area (Å²) in [5.41, 5.74) is 5.78. The molecule has 1 aromatic heterocycles. The third kappa shape index (κ3) is 3.94. The van der Waals surface area contributed by atoms with Crippen LogP contribution in [0.3, 0.4) is 0 Å². The van der Waals surface area contributed by atoms with Crippen molar-refractivity contribution in [3.05, 3.63) is 47.7 Å². The van der Waals surface area contributed by atoms with Gasteiger partial charge in [0.05, 0.1) is 22.9 Å². The molecule has 7 heteroatoms. The van der Waals surface area contributed by atoms with E-state index in [1.165, 1.54) is 30.5 Å². The highest BCUT2D eigenvalue weighted by Crippen LogP contribution is 2.28. The van der Waals surface area contributed by atoms with Crippen molar-refractivity contribution in [1.29, 1.82) is 0 Å². The average molecular weight is 361 g/mol. The number of nitrogens with one attached hydrogen (secondary N) is 2. The Bertz CT molecular complexity index is 789. The predicted octanol–water partition coefficient (Wildman–Crippen LogP) is 3.68. The number of nitrogens with two attached hydrogens (primary N) is 1. The fourth-order valence-electron chi connectivity index (χ4n) is 2.73. The Kier molecular flexibility index (Phi) is 6.15. The normalized spacial score (nSPS) is 11.3. The SMILES string of the molecule is CCC(CC)(CN)C(=O)Nc1ccc(F)c(NC(=O)c2ccoc2C)c1. The third-order valence-corrected chi connectivity index (χ3v) is 4.80. The second kappa shape index (κ2) is 8.14. The molecule has 26 heavy (non-hydrogen) atoms. The lowest BCUT2D eigenvalue weighted by Crippen LogP contribution is -2.41. The van der Waals surface area contributed by atoms with E-state index in [2.05, 4.69) is 10.6 Å². The highest BCUT2D eigenvalue weighted by molar-refractivity contribution is 6.05. The first-order valence-electron chi connectivity index (χ1n) is 8.53. The number of halogens is 1. The van der Waals surface area contributed by atoms with Gasteiger partial charge in [0.1, 0.15) is 11.6 Å². The molecule has 0 bridgehead atoms. The van der Waals surface area contributed by atoms with E-state index in [0.29, 0.717) is 29.9 Å². The molecule has 1 heterocycles. The number of amides is 2. The average Bonchev–Trinajstić information content (AvgIpc) is 3.06. The van der Waals surface area contributed by atoms with Crippen LogP contribution in [0.25, 0.3) is 0 Å². The Hall–Kier alpha value is -2.67. The number of aryl methyl sites for hydroxylation is 1. The van der Waals surface area contributed by atoms with Crippen LogP contribution < -0.4 is 16.4 Å². The van der Waals surface area contributed by atoms with Crippen LogP contribution in [-0.2, 0) is 4.79 Å². The van der Waals surface area contributed by atoms with Crippen LogP contribution in [0, 0.1) is 18.2 Å². The van der Waals surface area contributed by atoms with Crippen LogP contribution in [0.15, 0.2) is 34.9 Å². The smallest absolute Gasteiger partial charge is 0.259 e. The highest BCUT2D eigenvalue weighted by Gasteiger charge is 2.33. The maximum Gasteiger partial charge on any atom is 0.259 e. The predicted molar refractivity (Wildman–Crippen MR) is 98.5 cm³/mol. The molecule has 1 aromatic carbocycles. The Labute approximate surface area is 151 Å². The summed E-state index contributed by atoms with van der Waals surface area (Å²) in [5.74, 6) is -0.879. The second-order valence-corrected chi connectivity index (χ2v) is 6.18. The number of hydrogen-bond donors (Lipinski definition) is 3. The first-order chi connectivity index (χ1) is 12.4. The van der Waals surface area contributed by atoms with Crippen molar-refractivity contribution in [1.82, 2.24) is 0 Å². The van der Waals surface area contributed by atoms with Gasteiger partial charge in [0.25, 0.3) is 5.91 Å². The molecular formula is C19H24FN3O3. The van der Waals surface area contributed by atoms with Gasteiger partial charge in [-0.05, 0) is 44.0 Å². The van der Waals surface area contributed by atoms with Crippen molar-refractivity contribution in [2.75, 3.05) is 17.2 Å². The van der Waals surface area contributed by atoms with Crippen LogP contribution in [0.1, 0.15) is 42.8 Å². The second-order valence-electron chi connectivity index (χ2n) is 6.18. The van der Waals surface area contributed by atoms with E-state index in [4.69, 9.17) is 10.2 Å². The van der Waals surface area contributed by atoms with Gasteiger partial charge in [-0.1, -0.05) is 13.8 Å². The van der Waals surface area contributed by atoms with E-state index in [9.17, 15) is 14.0 Å². The van der Waals surface area contributed by atoms with Crippen molar-refractivity contribution in [2.45, 2.75) is 33.6 Å². The number of rotatable bonds is 7. The number of carbonyl (C=O) groups is 2. The summed E-state index contributed by atoms with van der Waals surface area (Å²) in [6.45, 7) is 5.67. The zero-order chi connectivity index (χ0) is 19.3. The molecule has 0 atom stereocenters. The molecule has 0 saturated carbocycles. The molecule has 0 radical (unpaired) electrons. The lowest BCUT2D eigenvalue weighted by Gasteiger charge is -2.28.